The number of hydrogen-bond acceptors (Lipinski definition) is 4. The molecule has 1 amide bonds. The predicted molar refractivity (Wildman–Crippen MR) is 36.7 cm³/mol. The van der Waals surface area contributed by atoms with Crippen LogP contribution in [-0.2, 0) is 14.3 Å². The van der Waals surface area contributed by atoms with E-state index in [1.165, 1.54) is 14.2 Å². The minimum atomic E-state index is -0.634. The number of esters is 1. The number of nitrogens with one attached hydrogen (secondary N) is 1. The van der Waals surface area contributed by atoms with E-state index in [2.05, 4.69) is 14.8 Å². The highest BCUT2D eigenvalue weighted by molar-refractivity contribution is 5.82. The van der Waals surface area contributed by atoms with Crippen molar-refractivity contribution in [3.05, 3.63) is 12.3 Å². The van der Waals surface area contributed by atoms with Crippen LogP contribution < -0.4 is 5.32 Å². The number of methoxy groups -OCH3 is 2. The Balaban J connectivity index is 3.60. The molecule has 0 saturated heterocycles. The van der Waals surface area contributed by atoms with Crippen LogP contribution in [-0.4, -0.2) is 26.3 Å². The highest BCUT2D eigenvalue weighted by Gasteiger charge is 1.93. The molecule has 0 aromatic carbocycles. The Kier molecular flexibility index (Phi) is 4.55. The second kappa shape index (κ2) is 5.28. The lowest BCUT2D eigenvalue weighted by Crippen LogP contribution is -2.16. The van der Waals surface area contributed by atoms with Crippen LogP contribution in [0.4, 0.5) is 4.79 Å². The molecule has 0 radical (unpaired) electrons. The van der Waals surface area contributed by atoms with Crippen molar-refractivity contribution in [2.75, 3.05) is 14.2 Å². The van der Waals surface area contributed by atoms with E-state index in [9.17, 15) is 9.59 Å². The molecule has 0 heterocycles. The zero-order valence-electron chi connectivity index (χ0n) is 6.29. The number of carbonyl (C=O) groups excluding carboxylic acids is 2. The van der Waals surface area contributed by atoms with Gasteiger partial charge in [-0.3, -0.25) is 5.32 Å². The summed E-state index contributed by atoms with van der Waals surface area (Å²) in [6.45, 7) is 0. The van der Waals surface area contributed by atoms with Crippen LogP contribution in [0.5, 0.6) is 0 Å². The smallest absolute Gasteiger partial charge is 0.410 e. The molecular formula is C6H9NO4. The van der Waals surface area contributed by atoms with Gasteiger partial charge in [-0.2, -0.15) is 0 Å². The fourth-order valence-electron chi connectivity index (χ4n) is 0.305. The van der Waals surface area contributed by atoms with Gasteiger partial charge < -0.3 is 9.47 Å². The molecule has 5 nitrogen and oxygen atoms in total. The van der Waals surface area contributed by atoms with E-state index in [-0.39, 0.29) is 0 Å². The van der Waals surface area contributed by atoms with Crippen LogP contribution >= 0.6 is 0 Å². The molecule has 0 aromatic rings. The molecule has 1 N–H and O–H groups in total. The molecule has 0 aliphatic carbocycles. The zero-order chi connectivity index (χ0) is 8.69. The number of carbonyl (C=O) groups is 2. The lowest BCUT2D eigenvalue weighted by molar-refractivity contribution is -0.134. The van der Waals surface area contributed by atoms with Gasteiger partial charge in [0.2, 0.25) is 0 Å². The third-order valence-electron chi connectivity index (χ3n) is 0.807. The van der Waals surface area contributed by atoms with Gasteiger partial charge in [-0.1, -0.05) is 0 Å². The average molecular weight is 159 g/mol. The highest BCUT2D eigenvalue weighted by atomic mass is 16.5. The maximum atomic E-state index is 10.4. The van der Waals surface area contributed by atoms with E-state index in [4.69, 9.17) is 0 Å². The van der Waals surface area contributed by atoms with E-state index in [0.29, 0.717) is 0 Å². The number of ether oxygens (including phenoxy) is 2. The van der Waals surface area contributed by atoms with Crippen molar-refractivity contribution in [3.8, 4) is 0 Å². The van der Waals surface area contributed by atoms with Crippen molar-refractivity contribution >= 4 is 12.1 Å². The summed E-state index contributed by atoms with van der Waals surface area (Å²) < 4.78 is 8.46. The van der Waals surface area contributed by atoms with Gasteiger partial charge in [-0.05, 0) is 0 Å². The number of amides is 1. The molecular weight excluding hydrogens is 150 g/mol. The van der Waals surface area contributed by atoms with Gasteiger partial charge in [0.15, 0.2) is 0 Å². The van der Waals surface area contributed by atoms with Crippen molar-refractivity contribution in [3.63, 3.8) is 0 Å². The monoisotopic (exact) mass is 159 g/mol. The Hall–Kier alpha value is -1.52. The normalized spacial score (nSPS) is 9.27. The fourth-order valence-corrected chi connectivity index (χ4v) is 0.305. The lowest BCUT2D eigenvalue weighted by atomic mass is 10.6. The maximum absolute atomic E-state index is 10.4. The molecule has 11 heavy (non-hydrogen) atoms. The van der Waals surface area contributed by atoms with Gasteiger partial charge >= 0.3 is 12.1 Å². The number of alkyl carbamates (subject to hydrolysis) is 1. The first-order valence-corrected chi connectivity index (χ1v) is 2.79. The second-order valence-corrected chi connectivity index (χ2v) is 1.49. The van der Waals surface area contributed by atoms with Crippen molar-refractivity contribution in [1.29, 1.82) is 0 Å². The average Bonchev–Trinajstić information content (AvgIpc) is 2.04. The van der Waals surface area contributed by atoms with Crippen LogP contribution in [0.1, 0.15) is 0 Å². The van der Waals surface area contributed by atoms with Crippen molar-refractivity contribution in [2.45, 2.75) is 0 Å². The fraction of sp³-hybridized carbons (Fsp3) is 0.333. The van der Waals surface area contributed by atoms with Crippen LogP contribution in [0, 0.1) is 0 Å². The Morgan fingerprint density at radius 1 is 1.27 bits per heavy atom. The van der Waals surface area contributed by atoms with Crippen LogP contribution in [0.3, 0.4) is 0 Å². The van der Waals surface area contributed by atoms with Gasteiger partial charge in [-0.25, -0.2) is 9.59 Å². The topological polar surface area (TPSA) is 64.6 Å². The van der Waals surface area contributed by atoms with E-state index >= 15 is 0 Å². The third-order valence-corrected chi connectivity index (χ3v) is 0.807. The highest BCUT2D eigenvalue weighted by Crippen LogP contribution is 1.76. The number of rotatable bonds is 2. The summed E-state index contributed by atoms with van der Waals surface area (Å²) >= 11 is 0. The molecule has 0 bridgehead atoms. The minimum Gasteiger partial charge on any atom is -0.466 e. The maximum Gasteiger partial charge on any atom is 0.410 e. The zero-order valence-corrected chi connectivity index (χ0v) is 6.29. The van der Waals surface area contributed by atoms with E-state index in [0.717, 1.165) is 12.3 Å². The third kappa shape index (κ3) is 4.95. The first-order chi connectivity index (χ1) is 5.20. The first kappa shape index (κ1) is 9.48. The summed E-state index contributed by atoms with van der Waals surface area (Å²) in [7, 11) is 2.46. The van der Waals surface area contributed by atoms with Crippen LogP contribution in [0.2, 0.25) is 0 Å². The van der Waals surface area contributed by atoms with Gasteiger partial charge in [0.25, 0.3) is 0 Å². The summed E-state index contributed by atoms with van der Waals surface area (Å²) in [6.07, 6.45) is 1.57. The Bertz CT molecular complexity index is 175. The summed E-state index contributed by atoms with van der Waals surface area (Å²) in [5.41, 5.74) is 0. The molecule has 5 heteroatoms. The van der Waals surface area contributed by atoms with Crippen LogP contribution in [0.15, 0.2) is 12.3 Å². The first-order valence-electron chi connectivity index (χ1n) is 2.79. The van der Waals surface area contributed by atoms with E-state index in [1.54, 1.807) is 0 Å². The molecule has 0 aromatic heterocycles. The lowest BCUT2D eigenvalue weighted by Gasteiger charge is -1.94. The quantitative estimate of drug-likeness (QED) is 0.456. The van der Waals surface area contributed by atoms with Crippen molar-refractivity contribution in [1.82, 2.24) is 5.32 Å². The second-order valence-electron chi connectivity index (χ2n) is 1.49. The Labute approximate surface area is 64.0 Å². The SMILES string of the molecule is COC(=O)/C=C\NC(=O)OC. The van der Waals surface area contributed by atoms with Gasteiger partial charge in [0.1, 0.15) is 0 Å². The molecule has 0 aliphatic heterocycles. The van der Waals surface area contributed by atoms with Gasteiger partial charge in [-0.15, -0.1) is 0 Å². The molecule has 0 atom stereocenters. The van der Waals surface area contributed by atoms with Crippen molar-refractivity contribution in [2.24, 2.45) is 0 Å². The summed E-state index contributed by atoms with van der Waals surface area (Å²) in [4.78, 5) is 20.7. The Morgan fingerprint density at radius 2 is 1.91 bits per heavy atom. The number of hydrogen-bond donors (Lipinski definition) is 1. The van der Waals surface area contributed by atoms with Crippen LogP contribution in [0.25, 0.3) is 0 Å². The minimum absolute atomic E-state index is 0.540. The summed E-state index contributed by atoms with van der Waals surface area (Å²) in [5.74, 6) is -0.540. The molecule has 0 rings (SSSR count). The molecule has 0 aliphatic rings. The largest absolute Gasteiger partial charge is 0.466 e. The van der Waals surface area contributed by atoms with E-state index < -0.39 is 12.1 Å². The predicted octanol–water partition coefficient (Wildman–Crippen LogP) is 0.0291. The van der Waals surface area contributed by atoms with E-state index in [1.807, 2.05) is 0 Å². The summed E-state index contributed by atoms with van der Waals surface area (Å²) in [6, 6.07) is 0. The molecule has 0 fully saturated rings. The molecule has 0 saturated carbocycles. The van der Waals surface area contributed by atoms with Crippen molar-refractivity contribution < 1.29 is 19.1 Å². The molecule has 62 valence electrons. The van der Waals surface area contributed by atoms with Gasteiger partial charge in [0, 0.05) is 12.3 Å². The summed E-state index contributed by atoms with van der Waals surface area (Å²) in [5, 5.41) is 2.15. The Morgan fingerprint density at radius 3 is 2.36 bits per heavy atom. The van der Waals surface area contributed by atoms with Gasteiger partial charge in [0.05, 0.1) is 14.2 Å². The molecule has 0 spiro atoms. The molecule has 0 unspecified atom stereocenters. The standard InChI is InChI=1S/C6H9NO4/c1-10-5(8)3-4-7-6(9)11-2/h3-4H,1-2H3,(H,7,9)/b4-3-.